The number of hydrogen-bond acceptors (Lipinski definition) is 2. The molecule has 0 fully saturated rings. The van der Waals surface area contributed by atoms with Gasteiger partial charge in [-0.3, -0.25) is 4.57 Å². The Kier molecular flexibility index (Phi) is 6.81. The number of aromatic nitrogens is 3. The first kappa shape index (κ1) is 29.1. The van der Waals surface area contributed by atoms with Crippen molar-refractivity contribution in [3.8, 4) is 50.6 Å². The number of para-hydroxylation sites is 1. The average molecular weight is 650 g/mol. The van der Waals surface area contributed by atoms with Crippen LogP contribution in [-0.2, 0) is 0 Å². The van der Waals surface area contributed by atoms with Crippen molar-refractivity contribution in [2.45, 2.75) is 0 Å². The Morgan fingerprint density at radius 1 is 0.314 bits per heavy atom. The molecule has 2 heterocycles. The molecule has 3 nitrogen and oxygen atoms in total. The third kappa shape index (κ3) is 5.06. The molecule has 0 aliphatic rings. The van der Waals surface area contributed by atoms with Crippen LogP contribution < -0.4 is 0 Å². The topological polar surface area (TPSA) is 30.7 Å². The summed E-state index contributed by atoms with van der Waals surface area (Å²) in [4.78, 5) is 10.5. The number of rotatable bonds is 5. The molecule has 238 valence electrons. The zero-order chi connectivity index (χ0) is 33.7. The van der Waals surface area contributed by atoms with Crippen molar-refractivity contribution in [3.63, 3.8) is 0 Å². The highest BCUT2D eigenvalue weighted by molar-refractivity contribution is 6.15. The molecule has 0 bridgehead atoms. The molecule has 0 N–H and O–H groups in total. The molecule has 0 radical (unpaired) electrons. The summed E-state index contributed by atoms with van der Waals surface area (Å²) in [5.74, 6) is 1.57. The SMILES string of the molecule is c1ccc(-c2ccc(-c3ccc(-c4nc(-n5c6ccc(-c7ccccc7)cc6c6cc7ccccc7cc65)c5ccccc5n4)cc3)cc2)cc1. The summed E-state index contributed by atoms with van der Waals surface area (Å²) >= 11 is 0. The fourth-order valence-corrected chi connectivity index (χ4v) is 7.40. The molecule has 0 aliphatic heterocycles. The molecule has 0 atom stereocenters. The summed E-state index contributed by atoms with van der Waals surface area (Å²) in [6.07, 6.45) is 0. The Bertz CT molecular complexity index is 2870. The van der Waals surface area contributed by atoms with Gasteiger partial charge in [0.1, 0.15) is 5.82 Å². The van der Waals surface area contributed by atoms with Crippen molar-refractivity contribution in [2.75, 3.05) is 0 Å². The molecule has 2 aromatic heterocycles. The van der Waals surface area contributed by atoms with Gasteiger partial charge < -0.3 is 0 Å². The van der Waals surface area contributed by atoms with Crippen LogP contribution in [0.25, 0.3) is 94.1 Å². The van der Waals surface area contributed by atoms with Gasteiger partial charge in [0.2, 0.25) is 0 Å². The summed E-state index contributed by atoms with van der Waals surface area (Å²) in [6, 6.07) is 66.8. The second kappa shape index (κ2) is 11.9. The van der Waals surface area contributed by atoms with E-state index in [1.54, 1.807) is 0 Å². The molecule has 0 saturated carbocycles. The van der Waals surface area contributed by atoms with Crippen molar-refractivity contribution in [2.24, 2.45) is 0 Å². The van der Waals surface area contributed by atoms with E-state index in [0.29, 0.717) is 5.82 Å². The largest absolute Gasteiger partial charge is 0.293 e. The molecule has 10 aromatic rings. The molecule has 51 heavy (non-hydrogen) atoms. The fourth-order valence-electron chi connectivity index (χ4n) is 7.40. The Morgan fingerprint density at radius 2 is 0.804 bits per heavy atom. The molecule has 0 amide bonds. The summed E-state index contributed by atoms with van der Waals surface area (Å²) in [5, 5.41) is 5.83. The number of fused-ring (bicyclic) bond motifs is 5. The number of nitrogens with zero attached hydrogens (tertiary/aromatic N) is 3. The van der Waals surface area contributed by atoms with Gasteiger partial charge in [0.25, 0.3) is 0 Å². The first-order valence-corrected chi connectivity index (χ1v) is 17.3. The van der Waals surface area contributed by atoms with Crippen LogP contribution in [-0.4, -0.2) is 14.5 Å². The zero-order valence-corrected chi connectivity index (χ0v) is 27.7. The van der Waals surface area contributed by atoms with Crippen LogP contribution >= 0.6 is 0 Å². The van der Waals surface area contributed by atoms with Crippen LogP contribution in [0, 0.1) is 0 Å². The normalized spacial score (nSPS) is 11.5. The Morgan fingerprint density at radius 3 is 1.47 bits per heavy atom. The lowest BCUT2D eigenvalue weighted by atomic mass is 9.99. The molecular formula is C48H31N3. The van der Waals surface area contributed by atoms with Crippen molar-refractivity contribution in [3.05, 3.63) is 188 Å². The van der Waals surface area contributed by atoms with Crippen LogP contribution in [0.3, 0.4) is 0 Å². The van der Waals surface area contributed by atoms with E-state index in [1.807, 2.05) is 6.07 Å². The summed E-state index contributed by atoms with van der Waals surface area (Å²) in [5.41, 5.74) is 11.3. The second-order valence-corrected chi connectivity index (χ2v) is 13.1. The highest BCUT2D eigenvalue weighted by Gasteiger charge is 2.19. The van der Waals surface area contributed by atoms with Crippen molar-refractivity contribution >= 4 is 43.5 Å². The van der Waals surface area contributed by atoms with Crippen LogP contribution in [0.2, 0.25) is 0 Å². The van der Waals surface area contributed by atoms with Gasteiger partial charge in [-0.25, -0.2) is 9.97 Å². The second-order valence-electron chi connectivity index (χ2n) is 13.1. The molecule has 0 unspecified atom stereocenters. The van der Waals surface area contributed by atoms with Gasteiger partial charge in [-0.2, -0.15) is 0 Å². The van der Waals surface area contributed by atoms with Gasteiger partial charge in [0.15, 0.2) is 5.82 Å². The minimum absolute atomic E-state index is 0.700. The zero-order valence-electron chi connectivity index (χ0n) is 27.7. The quantitative estimate of drug-likeness (QED) is 0.186. The number of benzene rings is 8. The van der Waals surface area contributed by atoms with E-state index in [1.165, 1.54) is 49.4 Å². The highest BCUT2D eigenvalue weighted by atomic mass is 15.1. The van der Waals surface area contributed by atoms with Gasteiger partial charge in [-0.15, -0.1) is 0 Å². The van der Waals surface area contributed by atoms with E-state index in [-0.39, 0.29) is 0 Å². The summed E-state index contributed by atoms with van der Waals surface area (Å²) in [6.45, 7) is 0. The third-order valence-corrected chi connectivity index (χ3v) is 10.0. The van der Waals surface area contributed by atoms with Crippen LogP contribution in [0.4, 0.5) is 0 Å². The van der Waals surface area contributed by atoms with Crippen LogP contribution in [0.15, 0.2) is 188 Å². The standard InChI is InChI=1S/C48H31N3/c1-3-11-32(12-4-1)34-19-21-35(22-20-34)36-23-25-37(26-24-36)47-49-44-18-10-9-17-41(44)48(50-47)51-45-28-27-40(33-13-5-2-6-14-33)30-42(45)43-29-38-15-7-8-16-39(38)31-46(43)51/h1-31H. The van der Waals surface area contributed by atoms with Gasteiger partial charge >= 0.3 is 0 Å². The van der Waals surface area contributed by atoms with Crippen molar-refractivity contribution in [1.29, 1.82) is 0 Å². The lowest BCUT2D eigenvalue weighted by Gasteiger charge is -2.13. The maximum absolute atomic E-state index is 5.37. The van der Waals surface area contributed by atoms with Crippen molar-refractivity contribution in [1.82, 2.24) is 14.5 Å². The van der Waals surface area contributed by atoms with Crippen molar-refractivity contribution < 1.29 is 0 Å². The molecule has 3 heteroatoms. The van der Waals surface area contributed by atoms with E-state index in [9.17, 15) is 0 Å². The molecule has 0 saturated heterocycles. The Labute approximate surface area is 295 Å². The Balaban J connectivity index is 1.13. The fraction of sp³-hybridized carbons (Fsp3) is 0. The minimum atomic E-state index is 0.700. The van der Waals surface area contributed by atoms with Crippen LogP contribution in [0.1, 0.15) is 0 Å². The smallest absolute Gasteiger partial charge is 0.162 e. The van der Waals surface area contributed by atoms with Gasteiger partial charge in [-0.1, -0.05) is 152 Å². The molecule has 8 aromatic carbocycles. The Hall–Kier alpha value is -6.84. The lowest BCUT2D eigenvalue weighted by Crippen LogP contribution is -2.02. The van der Waals surface area contributed by atoms with Crippen LogP contribution in [0.5, 0.6) is 0 Å². The predicted molar refractivity (Wildman–Crippen MR) is 213 cm³/mol. The van der Waals surface area contributed by atoms with Gasteiger partial charge in [0.05, 0.1) is 16.6 Å². The number of hydrogen-bond donors (Lipinski definition) is 0. The van der Waals surface area contributed by atoms with E-state index >= 15 is 0 Å². The maximum atomic E-state index is 5.37. The molecule has 0 spiro atoms. The maximum Gasteiger partial charge on any atom is 0.162 e. The first-order chi connectivity index (χ1) is 25.3. The average Bonchev–Trinajstić information content (AvgIpc) is 3.52. The monoisotopic (exact) mass is 649 g/mol. The first-order valence-electron chi connectivity index (χ1n) is 17.3. The lowest BCUT2D eigenvalue weighted by molar-refractivity contribution is 1.08. The van der Waals surface area contributed by atoms with E-state index in [4.69, 9.17) is 9.97 Å². The summed E-state index contributed by atoms with van der Waals surface area (Å²) < 4.78 is 2.34. The summed E-state index contributed by atoms with van der Waals surface area (Å²) in [7, 11) is 0. The van der Waals surface area contributed by atoms with Gasteiger partial charge in [-0.05, 0) is 80.6 Å². The molecular weight excluding hydrogens is 619 g/mol. The highest BCUT2D eigenvalue weighted by Crippen LogP contribution is 2.39. The molecule has 10 rings (SSSR count). The van der Waals surface area contributed by atoms with E-state index in [2.05, 4.69) is 187 Å². The van der Waals surface area contributed by atoms with E-state index < -0.39 is 0 Å². The molecule has 0 aliphatic carbocycles. The third-order valence-electron chi connectivity index (χ3n) is 10.0. The minimum Gasteiger partial charge on any atom is -0.293 e. The van der Waals surface area contributed by atoms with Gasteiger partial charge in [0, 0.05) is 21.7 Å². The van der Waals surface area contributed by atoms with E-state index in [0.717, 1.165) is 38.9 Å². The predicted octanol–water partition coefficient (Wildman–Crippen LogP) is 12.5.